The maximum atomic E-state index is 10.6. The molecule has 56 valence electrons. The number of carbonyl (C=O) groups is 2. The summed E-state index contributed by atoms with van der Waals surface area (Å²) in [4.78, 5) is 20.5. The van der Waals surface area contributed by atoms with E-state index in [2.05, 4.69) is 6.58 Å². The lowest BCUT2D eigenvalue weighted by Crippen LogP contribution is -2.05. The summed E-state index contributed by atoms with van der Waals surface area (Å²) >= 11 is 0. The van der Waals surface area contributed by atoms with Crippen LogP contribution in [0.1, 0.15) is 19.3 Å². The summed E-state index contributed by atoms with van der Waals surface area (Å²) in [5.74, 6) is -1.30. The van der Waals surface area contributed by atoms with E-state index in [0.717, 1.165) is 0 Å². The quantitative estimate of drug-likeness (QED) is 0.460. The molecule has 0 amide bonds. The third-order valence-electron chi connectivity index (χ3n) is 0.976. The van der Waals surface area contributed by atoms with Crippen LogP contribution in [0.2, 0.25) is 0 Å². The largest absolute Gasteiger partial charge is 0.481 e. The minimum absolute atomic E-state index is 0.243. The molecule has 0 aliphatic heterocycles. The number of ketones is 1. The van der Waals surface area contributed by atoms with Gasteiger partial charge in [0.15, 0.2) is 0 Å². The molecule has 0 atom stereocenters. The normalized spacial score (nSPS) is 8.80. The Labute approximate surface area is 59.4 Å². The lowest BCUT2D eigenvalue weighted by atomic mass is 10.2. The monoisotopic (exact) mass is 142 g/mol. The van der Waals surface area contributed by atoms with Gasteiger partial charge in [-0.1, -0.05) is 6.08 Å². The summed E-state index contributed by atoms with van der Waals surface area (Å²) < 4.78 is 0. The molecule has 0 fully saturated rings. The van der Waals surface area contributed by atoms with E-state index >= 15 is 0 Å². The van der Waals surface area contributed by atoms with Crippen LogP contribution in [0.4, 0.5) is 0 Å². The van der Waals surface area contributed by atoms with Crippen molar-refractivity contribution in [2.75, 3.05) is 0 Å². The second-order valence-electron chi connectivity index (χ2n) is 1.94. The van der Waals surface area contributed by atoms with E-state index in [1.165, 1.54) is 0 Å². The molecule has 0 rings (SSSR count). The number of hydrogen-bond donors (Lipinski definition) is 1. The smallest absolute Gasteiger partial charge is 0.310 e. The summed E-state index contributed by atoms with van der Waals surface area (Å²) in [6.07, 6.45) is 2.08. The minimum Gasteiger partial charge on any atom is -0.481 e. The fourth-order valence-corrected chi connectivity index (χ4v) is 0.520. The molecule has 10 heavy (non-hydrogen) atoms. The van der Waals surface area contributed by atoms with E-state index in [1.807, 2.05) is 0 Å². The summed E-state index contributed by atoms with van der Waals surface area (Å²) in [5, 5.41) is 8.14. The number of carboxylic acids is 1. The van der Waals surface area contributed by atoms with Crippen LogP contribution < -0.4 is 0 Å². The number of carbonyl (C=O) groups excluding carboxylic acids is 1. The standard InChI is InChI=1S/C7H10O3/c1-2-3-4-6(8)5-7(9)10/h2H,1,3-5H2,(H,9,10). The fraction of sp³-hybridized carbons (Fsp3) is 0.429. The first-order chi connectivity index (χ1) is 4.66. The highest BCUT2D eigenvalue weighted by Crippen LogP contribution is 1.94. The van der Waals surface area contributed by atoms with Gasteiger partial charge in [0.25, 0.3) is 0 Å². The van der Waals surface area contributed by atoms with Crippen LogP contribution in [-0.2, 0) is 9.59 Å². The van der Waals surface area contributed by atoms with Crippen molar-refractivity contribution in [3.05, 3.63) is 12.7 Å². The van der Waals surface area contributed by atoms with Gasteiger partial charge in [0.2, 0.25) is 0 Å². The molecule has 0 aromatic carbocycles. The van der Waals surface area contributed by atoms with E-state index in [0.29, 0.717) is 6.42 Å². The van der Waals surface area contributed by atoms with Gasteiger partial charge in [-0.3, -0.25) is 9.59 Å². The number of hydrogen-bond acceptors (Lipinski definition) is 2. The number of Topliss-reactive ketones (excluding diaryl/α,β-unsaturated/α-hetero) is 1. The van der Waals surface area contributed by atoms with Crippen LogP contribution in [0.25, 0.3) is 0 Å². The Morgan fingerprint density at radius 2 is 2.10 bits per heavy atom. The lowest BCUT2D eigenvalue weighted by molar-refractivity contribution is -0.140. The molecule has 0 aliphatic carbocycles. The zero-order valence-corrected chi connectivity index (χ0v) is 5.67. The molecule has 3 heteroatoms. The Kier molecular flexibility index (Phi) is 4.20. The summed E-state index contributed by atoms with van der Waals surface area (Å²) in [7, 11) is 0. The SMILES string of the molecule is C=CCCC(=O)CC(=O)O. The summed E-state index contributed by atoms with van der Waals surface area (Å²) in [5.41, 5.74) is 0. The molecular formula is C7H10O3. The highest BCUT2D eigenvalue weighted by atomic mass is 16.4. The number of rotatable bonds is 5. The molecule has 0 bridgehead atoms. The summed E-state index contributed by atoms with van der Waals surface area (Å²) in [6, 6.07) is 0. The van der Waals surface area contributed by atoms with Gasteiger partial charge in [0.05, 0.1) is 0 Å². The van der Waals surface area contributed by atoms with Crippen molar-refractivity contribution in [2.45, 2.75) is 19.3 Å². The van der Waals surface area contributed by atoms with Crippen molar-refractivity contribution >= 4 is 11.8 Å². The number of aliphatic carboxylic acids is 1. The van der Waals surface area contributed by atoms with E-state index in [4.69, 9.17) is 5.11 Å². The molecule has 1 N–H and O–H groups in total. The van der Waals surface area contributed by atoms with Crippen LogP contribution in [0.3, 0.4) is 0 Å². The molecule has 0 aliphatic rings. The molecule has 0 spiro atoms. The van der Waals surface area contributed by atoms with Gasteiger partial charge < -0.3 is 5.11 Å². The van der Waals surface area contributed by atoms with Crippen molar-refractivity contribution in [1.82, 2.24) is 0 Å². The molecule has 0 aromatic rings. The van der Waals surface area contributed by atoms with Gasteiger partial charge >= 0.3 is 5.97 Å². The minimum atomic E-state index is -1.06. The second-order valence-corrected chi connectivity index (χ2v) is 1.94. The van der Waals surface area contributed by atoms with Gasteiger partial charge in [0, 0.05) is 6.42 Å². The molecular weight excluding hydrogens is 132 g/mol. The maximum absolute atomic E-state index is 10.6. The Morgan fingerprint density at radius 3 is 2.50 bits per heavy atom. The Bertz CT molecular complexity index is 149. The van der Waals surface area contributed by atoms with Gasteiger partial charge in [-0.2, -0.15) is 0 Å². The first-order valence-electron chi connectivity index (χ1n) is 3.01. The predicted octanol–water partition coefficient (Wildman–Crippen LogP) is 0.996. The first-order valence-corrected chi connectivity index (χ1v) is 3.01. The van der Waals surface area contributed by atoms with Crippen LogP contribution in [-0.4, -0.2) is 16.9 Å². The van der Waals surface area contributed by atoms with Crippen molar-refractivity contribution in [2.24, 2.45) is 0 Å². The molecule has 3 nitrogen and oxygen atoms in total. The van der Waals surface area contributed by atoms with Crippen molar-refractivity contribution in [1.29, 1.82) is 0 Å². The number of allylic oxidation sites excluding steroid dienone is 1. The molecule has 0 saturated carbocycles. The van der Waals surface area contributed by atoms with Gasteiger partial charge in [-0.25, -0.2) is 0 Å². The third-order valence-corrected chi connectivity index (χ3v) is 0.976. The Morgan fingerprint density at radius 1 is 1.50 bits per heavy atom. The molecule has 0 radical (unpaired) electrons. The molecule has 0 unspecified atom stereocenters. The fourth-order valence-electron chi connectivity index (χ4n) is 0.520. The predicted molar refractivity (Wildman–Crippen MR) is 36.7 cm³/mol. The zero-order chi connectivity index (χ0) is 7.98. The van der Waals surface area contributed by atoms with Crippen LogP contribution >= 0.6 is 0 Å². The maximum Gasteiger partial charge on any atom is 0.310 e. The molecule has 0 heterocycles. The van der Waals surface area contributed by atoms with Gasteiger partial charge in [0.1, 0.15) is 12.2 Å². The molecule has 0 aromatic heterocycles. The average molecular weight is 142 g/mol. The highest BCUT2D eigenvalue weighted by molar-refractivity contribution is 5.94. The lowest BCUT2D eigenvalue weighted by Gasteiger charge is -1.91. The van der Waals surface area contributed by atoms with Crippen molar-refractivity contribution in [3.8, 4) is 0 Å². The highest BCUT2D eigenvalue weighted by Gasteiger charge is 2.05. The van der Waals surface area contributed by atoms with Gasteiger partial charge in [-0.05, 0) is 6.42 Å². The Balaban J connectivity index is 3.43. The third kappa shape index (κ3) is 5.03. The van der Waals surface area contributed by atoms with Crippen LogP contribution in [0.15, 0.2) is 12.7 Å². The Hall–Kier alpha value is -1.12. The van der Waals surface area contributed by atoms with Crippen LogP contribution in [0, 0.1) is 0 Å². The van der Waals surface area contributed by atoms with E-state index in [9.17, 15) is 9.59 Å². The molecule has 0 saturated heterocycles. The van der Waals surface area contributed by atoms with E-state index in [1.54, 1.807) is 6.08 Å². The van der Waals surface area contributed by atoms with Crippen LogP contribution in [0.5, 0.6) is 0 Å². The topological polar surface area (TPSA) is 54.4 Å². The number of carboxylic acid groups (broad SMARTS) is 1. The first kappa shape index (κ1) is 8.88. The van der Waals surface area contributed by atoms with E-state index < -0.39 is 5.97 Å². The average Bonchev–Trinajstić information content (AvgIpc) is 1.82. The van der Waals surface area contributed by atoms with Crippen molar-refractivity contribution in [3.63, 3.8) is 0 Å². The summed E-state index contributed by atoms with van der Waals surface area (Å²) in [6.45, 7) is 3.41. The van der Waals surface area contributed by atoms with E-state index in [-0.39, 0.29) is 18.6 Å². The van der Waals surface area contributed by atoms with Crippen molar-refractivity contribution < 1.29 is 14.7 Å². The zero-order valence-electron chi connectivity index (χ0n) is 5.67. The second kappa shape index (κ2) is 4.73. The van der Waals surface area contributed by atoms with Gasteiger partial charge in [-0.15, -0.1) is 6.58 Å².